The summed E-state index contributed by atoms with van der Waals surface area (Å²) in [5, 5.41) is 10.6. The van der Waals surface area contributed by atoms with Crippen LogP contribution in [0.4, 0.5) is 14.6 Å². The SMILES string of the molecule is C=CC(=O)N1CCN(c2nc(=O)n(-c3c(C)ccnc3P(C)(C)=O)c3nc(-c4c(O)cccc4F)c(F)cc23)[C@@H](C)C1. The zero-order chi connectivity index (χ0) is 30.5. The first kappa shape index (κ1) is 29.1. The number of nitrogens with zero attached hydrogens (tertiary/aromatic N) is 6. The molecular weight excluding hydrogens is 565 g/mol. The van der Waals surface area contributed by atoms with Gasteiger partial charge in [0.1, 0.15) is 35.7 Å². The van der Waals surface area contributed by atoms with Crippen molar-refractivity contribution in [2.24, 2.45) is 0 Å². The van der Waals surface area contributed by atoms with Crippen LogP contribution in [-0.4, -0.2) is 74.4 Å². The summed E-state index contributed by atoms with van der Waals surface area (Å²) in [6.07, 6.45) is 2.70. The number of carbonyl (C=O) groups is 1. The molecule has 0 spiro atoms. The van der Waals surface area contributed by atoms with Crippen LogP contribution in [0.5, 0.6) is 5.75 Å². The monoisotopic (exact) mass is 594 g/mol. The maximum Gasteiger partial charge on any atom is 0.355 e. The van der Waals surface area contributed by atoms with Gasteiger partial charge < -0.3 is 19.5 Å². The van der Waals surface area contributed by atoms with Crippen molar-refractivity contribution in [1.82, 2.24) is 24.4 Å². The van der Waals surface area contributed by atoms with Crippen molar-refractivity contribution in [3.05, 3.63) is 76.9 Å². The molecule has 1 aliphatic heterocycles. The van der Waals surface area contributed by atoms with Gasteiger partial charge in [-0.1, -0.05) is 12.6 Å². The number of benzene rings is 1. The number of aryl methyl sites for hydroxylation is 1. The minimum atomic E-state index is -3.07. The van der Waals surface area contributed by atoms with Crippen LogP contribution in [0, 0.1) is 18.6 Å². The van der Waals surface area contributed by atoms with Gasteiger partial charge in [0.05, 0.1) is 16.6 Å². The number of anilines is 1. The van der Waals surface area contributed by atoms with Crippen molar-refractivity contribution in [1.29, 1.82) is 0 Å². The lowest BCUT2D eigenvalue weighted by atomic mass is 10.1. The molecule has 3 aromatic heterocycles. The number of hydrogen-bond donors (Lipinski definition) is 1. The average molecular weight is 595 g/mol. The second-order valence-electron chi connectivity index (χ2n) is 10.6. The highest BCUT2D eigenvalue weighted by Crippen LogP contribution is 2.39. The number of fused-ring (bicyclic) bond motifs is 1. The lowest BCUT2D eigenvalue weighted by molar-refractivity contribution is -0.126. The van der Waals surface area contributed by atoms with Gasteiger partial charge in [0.2, 0.25) is 5.91 Å². The number of phenols is 1. The number of pyridine rings is 2. The number of carbonyl (C=O) groups excluding carboxylic acids is 1. The van der Waals surface area contributed by atoms with Gasteiger partial charge in [-0.05, 0) is 63.1 Å². The van der Waals surface area contributed by atoms with E-state index in [4.69, 9.17) is 0 Å². The third kappa shape index (κ3) is 4.96. The Kier molecular flexibility index (Phi) is 7.44. The van der Waals surface area contributed by atoms with E-state index < -0.39 is 41.5 Å². The Hall–Kier alpha value is -4.44. The summed E-state index contributed by atoms with van der Waals surface area (Å²) in [7, 11) is -3.07. The molecule has 4 aromatic rings. The fourth-order valence-corrected chi connectivity index (χ4v) is 6.39. The normalized spacial score (nSPS) is 15.7. The number of halogens is 2. The van der Waals surface area contributed by atoms with E-state index >= 15 is 4.39 Å². The molecule has 1 amide bonds. The van der Waals surface area contributed by atoms with E-state index in [0.29, 0.717) is 18.7 Å². The van der Waals surface area contributed by atoms with E-state index in [1.165, 1.54) is 37.7 Å². The first-order valence-electron chi connectivity index (χ1n) is 13.1. The lowest BCUT2D eigenvalue weighted by Crippen LogP contribution is -2.54. The minimum Gasteiger partial charge on any atom is -0.507 e. The molecule has 218 valence electrons. The number of rotatable bonds is 5. The van der Waals surface area contributed by atoms with E-state index in [0.717, 1.165) is 16.7 Å². The Labute approximate surface area is 240 Å². The van der Waals surface area contributed by atoms with Gasteiger partial charge in [-0.3, -0.25) is 9.78 Å². The molecule has 1 fully saturated rings. The van der Waals surface area contributed by atoms with Crippen LogP contribution in [0.3, 0.4) is 0 Å². The third-order valence-corrected chi connectivity index (χ3v) is 8.60. The van der Waals surface area contributed by atoms with Crippen molar-refractivity contribution >= 4 is 35.3 Å². The summed E-state index contributed by atoms with van der Waals surface area (Å²) in [4.78, 5) is 42.6. The molecule has 0 aliphatic carbocycles. The summed E-state index contributed by atoms with van der Waals surface area (Å²) >= 11 is 0. The molecule has 0 saturated carbocycles. The van der Waals surface area contributed by atoms with Crippen LogP contribution in [-0.2, 0) is 9.36 Å². The molecule has 5 rings (SSSR count). The average Bonchev–Trinajstić information content (AvgIpc) is 2.92. The lowest BCUT2D eigenvalue weighted by Gasteiger charge is -2.40. The van der Waals surface area contributed by atoms with Crippen LogP contribution in [0.25, 0.3) is 28.0 Å². The topological polar surface area (TPSA) is 122 Å². The molecule has 1 saturated heterocycles. The smallest absolute Gasteiger partial charge is 0.355 e. The quantitative estimate of drug-likeness (QED) is 0.275. The zero-order valence-electron chi connectivity index (χ0n) is 23.5. The van der Waals surface area contributed by atoms with Crippen molar-refractivity contribution in [3.8, 4) is 22.7 Å². The van der Waals surface area contributed by atoms with Crippen LogP contribution >= 0.6 is 7.14 Å². The summed E-state index contributed by atoms with van der Waals surface area (Å²) in [6, 6.07) is 5.94. The van der Waals surface area contributed by atoms with Crippen LogP contribution in [0.2, 0.25) is 0 Å². The van der Waals surface area contributed by atoms with E-state index in [9.17, 15) is 23.7 Å². The highest BCUT2D eigenvalue weighted by molar-refractivity contribution is 7.70. The molecule has 0 unspecified atom stereocenters. The molecule has 1 aliphatic rings. The maximum atomic E-state index is 15.8. The largest absolute Gasteiger partial charge is 0.507 e. The molecule has 4 heterocycles. The van der Waals surface area contributed by atoms with E-state index in [2.05, 4.69) is 21.5 Å². The first-order chi connectivity index (χ1) is 19.8. The van der Waals surface area contributed by atoms with Gasteiger partial charge in [-0.25, -0.2) is 23.1 Å². The predicted octanol–water partition coefficient (Wildman–Crippen LogP) is 3.61. The Balaban J connectivity index is 1.86. The molecule has 0 bridgehead atoms. The van der Waals surface area contributed by atoms with Crippen LogP contribution in [0.15, 0.2) is 54.0 Å². The third-order valence-electron chi connectivity index (χ3n) is 7.26. The van der Waals surface area contributed by atoms with Gasteiger partial charge in [0.15, 0.2) is 11.5 Å². The summed E-state index contributed by atoms with van der Waals surface area (Å²) in [5.74, 6) is -2.51. The Morgan fingerprint density at radius 1 is 1.17 bits per heavy atom. The molecule has 1 atom stereocenters. The standard InChI is InChI=1S/C29H29F2N6O4P/c1-6-22(39)35-12-13-36(17(3)15-35)26-18-14-20(31)24(23-19(30)8-7-9-21(23)38)33-27(18)37(29(40)34-26)25-16(2)10-11-32-28(25)42(4,5)41/h6-11,14,17,38H,1,12-13,15H2,2-5H3/t17-/m0/s1. The van der Waals surface area contributed by atoms with Crippen molar-refractivity contribution < 1.29 is 23.2 Å². The Morgan fingerprint density at radius 3 is 2.55 bits per heavy atom. The fraction of sp³-hybridized carbons (Fsp3) is 0.276. The van der Waals surface area contributed by atoms with Gasteiger partial charge in [-0.15, -0.1) is 0 Å². The van der Waals surface area contributed by atoms with Gasteiger partial charge in [-0.2, -0.15) is 4.98 Å². The van der Waals surface area contributed by atoms with Gasteiger partial charge in [0, 0.05) is 31.9 Å². The second kappa shape index (κ2) is 10.8. The zero-order valence-corrected chi connectivity index (χ0v) is 24.4. The van der Waals surface area contributed by atoms with E-state index in [1.54, 1.807) is 22.8 Å². The molecular formula is C29H29F2N6O4P. The maximum absolute atomic E-state index is 15.8. The van der Waals surface area contributed by atoms with Crippen molar-refractivity contribution in [3.63, 3.8) is 0 Å². The second-order valence-corrected chi connectivity index (χ2v) is 13.7. The molecule has 1 aromatic carbocycles. The highest BCUT2D eigenvalue weighted by Gasteiger charge is 2.31. The summed E-state index contributed by atoms with van der Waals surface area (Å²) < 4.78 is 45.1. The predicted molar refractivity (Wildman–Crippen MR) is 157 cm³/mol. The van der Waals surface area contributed by atoms with Crippen LogP contribution < -0.4 is 16.0 Å². The highest BCUT2D eigenvalue weighted by atomic mass is 31.2. The number of hydrogen-bond acceptors (Lipinski definition) is 8. The van der Waals surface area contributed by atoms with Gasteiger partial charge in [0.25, 0.3) is 0 Å². The number of phenolic OH excluding ortho intramolecular Hbond substituents is 1. The molecule has 42 heavy (non-hydrogen) atoms. The summed E-state index contributed by atoms with van der Waals surface area (Å²) in [6.45, 7) is 11.0. The number of aromatic nitrogens is 4. The van der Waals surface area contributed by atoms with E-state index in [-0.39, 0.29) is 46.5 Å². The van der Waals surface area contributed by atoms with Crippen molar-refractivity contribution in [2.75, 3.05) is 37.9 Å². The Bertz CT molecular complexity index is 1850. The van der Waals surface area contributed by atoms with E-state index in [1.807, 2.05) is 6.92 Å². The fourth-order valence-electron chi connectivity index (χ4n) is 5.26. The molecule has 0 radical (unpaired) electrons. The number of aromatic hydroxyl groups is 1. The number of amides is 1. The molecule has 1 N–H and O–H groups in total. The molecule has 13 heteroatoms. The molecule has 10 nitrogen and oxygen atoms in total. The Morgan fingerprint density at radius 2 is 1.90 bits per heavy atom. The van der Waals surface area contributed by atoms with Gasteiger partial charge >= 0.3 is 5.69 Å². The number of piperazine rings is 1. The summed E-state index contributed by atoms with van der Waals surface area (Å²) in [5.41, 5.74) is -1.03. The van der Waals surface area contributed by atoms with Crippen molar-refractivity contribution in [2.45, 2.75) is 19.9 Å². The van der Waals surface area contributed by atoms with Crippen LogP contribution in [0.1, 0.15) is 12.5 Å². The minimum absolute atomic E-state index is 0.0911. The first-order valence-corrected chi connectivity index (χ1v) is 15.7.